The van der Waals surface area contributed by atoms with Crippen molar-refractivity contribution >= 4 is 44.7 Å². The van der Waals surface area contributed by atoms with Gasteiger partial charge in [-0.2, -0.15) is 0 Å². The van der Waals surface area contributed by atoms with E-state index in [1.165, 1.54) is 42.5 Å². The van der Waals surface area contributed by atoms with Gasteiger partial charge in [0.25, 0.3) is 21.6 Å². The molecule has 0 atom stereocenters. The normalized spacial score (nSPS) is 11.1. The van der Waals surface area contributed by atoms with Crippen LogP contribution in [-0.4, -0.2) is 29.2 Å². The van der Waals surface area contributed by atoms with Crippen molar-refractivity contribution < 1.29 is 18.1 Å². The summed E-state index contributed by atoms with van der Waals surface area (Å²) in [5, 5.41) is 13.8. The van der Waals surface area contributed by atoms with Crippen molar-refractivity contribution in [2.24, 2.45) is 0 Å². The van der Waals surface area contributed by atoms with Gasteiger partial charge >= 0.3 is 0 Å². The van der Waals surface area contributed by atoms with Crippen molar-refractivity contribution in [3.8, 4) is 0 Å². The lowest BCUT2D eigenvalue weighted by molar-refractivity contribution is -0.385. The van der Waals surface area contributed by atoms with Crippen molar-refractivity contribution in [1.29, 1.82) is 0 Å². The third-order valence-electron chi connectivity index (χ3n) is 4.03. The van der Waals surface area contributed by atoms with Crippen molar-refractivity contribution in [1.82, 2.24) is 9.97 Å². The first-order valence-corrected chi connectivity index (χ1v) is 10.6. The maximum absolute atomic E-state index is 12.6. The summed E-state index contributed by atoms with van der Waals surface area (Å²) in [5.41, 5.74) is 0.233. The van der Waals surface area contributed by atoms with Gasteiger partial charge in [-0.15, -0.1) is 0 Å². The van der Waals surface area contributed by atoms with Gasteiger partial charge in [0.1, 0.15) is 17.2 Å². The van der Waals surface area contributed by atoms with Crippen LogP contribution in [0.2, 0.25) is 5.02 Å². The smallest absolute Gasteiger partial charge is 0.282 e. The molecule has 160 valence electrons. The zero-order chi connectivity index (χ0) is 22.8. The first-order valence-electron chi connectivity index (χ1n) is 8.75. The fraction of sp³-hybridized carbons (Fsp3) is 0.105. The van der Waals surface area contributed by atoms with Crippen LogP contribution in [0.5, 0.6) is 0 Å². The Morgan fingerprint density at radius 2 is 1.74 bits per heavy atom. The lowest BCUT2D eigenvalue weighted by atomic mass is 10.1. The molecule has 0 saturated carbocycles. The third kappa shape index (κ3) is 5.32. The summed E-state index contributed by atoms with van der Waals surface area (Å²) in [4.78, 5) is 31.0. The van der Waals surface area contributed by atoms with Crippen molar-refractivity contribution in [2.45, 2.75) is 18.7 Å². The molecule has 0 unspecified atom stereocenters. The Kier molecular flexibility index (Phi) is 6.18. The number of carbonyl (C=O) groups is 1. The number of carbonyl (C=O) groups excluding carboxylic acids is 1. The van der Waals surface area contributed by atoms with Gasteiger partial charge in [0.2, 0.25) is 0 Å². The lowest BCUT2D eigenvalue weighted by Crippen LogP contribution is -2.16. The second-order valence-electron chi connectivity index (χ2n) is 6.44. The maximum atomic E-state index is 12.6. The number of sulfonamides is 1. The van der Waals surface area contributed by atoms with E-state index in [-0.39, 0.29) is 27.0 Å². The molecule has 0 aliphatic heterocycles. The van der Waals surface area contributed by atoms with Gasteiger partial charge in [-0.3, -0.25) is 19.6 Å². The largest absolute Gasteiger partial charge is 0.322 e. The highest BCUT2D eigenvalue weighted by Crippen LogP contribution is 2.24. The number of hydrogen-bond acceptors (Lipinski definition) is 7. The van der Waals surface area contributed by atoms with Crippen LogP contribution >= 0.6 is 11.6 Å². The second kappa shape index (κ2) is 8.66. The number of rotatable bonds is 6. The van der Waals surface area contributed by atoms with Crippen LogP contribution < -0.4 is 10.0 Å². The van der Waals surface area contributed by atoms with Gasteiger partial charge in [0.15, 0.2) is 0 Å². The van der Waals surface area contributed by atoms with Crippen molar-refractivity contribution in [3.63, 3.8) is 0 Å². The lowest BCUT2D eigenvalue weighted by Gasteiger charge is -2.10. The molecular weight excluding hydrogens is 446 g/mol. The molecule has 3 aromatic rings. The van der Waals surface area contributed by atoms with E-state index in [2.05, 4.69) is 20.0 Å². The molecule has 1 amide bonds. The predicted molar refractivity (Wildman–Crippen MR) is 115 cm³/mol. The Labute approximate surface area is 182 Å². The van der Waals surface area contributed by atoms with E-state index >= 15 is 0 Å². The zero-order valence-electron chi connectivity index (χ0n) is 16.3. The minimum Gasteiger partial charge on any atom is -0.322 e. The predicted octanol–water partition coefficient (Wildman–Crippen LogP) is 3.71. The number of anilines is 2. The SMILES string of the molecule is Cc1cc(NS(=O)(=O)c2ccc(NC(=O)c3cc(Cl)ccc3[N+](=O)[O-])cc2)nc(C)n1. The summed E-state index contributed by atoms with van der Waals surface area (Å²) in [6.07, 6.45) is 0. The zero-order valence-corrected chi connectivity index (χ0v) is 17.9. The number of amides is 1. The standard InChI is InChI=1S/C19H16ClN5O5S/c1-11-9-18(22-12(2)21-11)24-31(29,30)15-6-4-14(5-7-15)23-19(26)16-10-13(20)3-8-17(16)25(27)28/h3-10H,1-2H3,(H,23,26)(H,21,22,24). The number of benzene rings is 2. The summed E-state index contributed by atoms with van der Waals surface area (Å²) >= 11 is 5.84. The first-order chi connectivity index (χ1) is 14.5. The average molecular weight is 462 g/mol. The summed E-state index contributed by atoms with van der Waals surface area (Å²) < 4.78 is 27.5. The minimum absolute atomic E-state index is 0.0619. The van der Waals surface area contributed by atoms with E-state index in [1.807, 2.05) is 0 Å². The first kappa shape index (κ1) is 22.1. The highest BCUT2D eigenvalue weighted by atomic mass is 35.5. The van der Waals surface area contributed by atoms with E-state index in [1.54, 1.807) is 13.8 Å². The van der Waals surface area contributed by atoms with Gasteiger partial charge in [-0.25, -0.2) is 18.4 Å². The summed E-state index contributed by atoms with van der Waals surface area (Å²) in [5.74, 6) is -0.198. The quantitative estimate of drug-likeness (QED) is 0.420. The molecule has 1 aromatic heterocycles. The maximum Gasteiger partial charge on any atom is 0.282 e. The van der Waals surface area contributed by atoms with Crippen LogP contribution in [0.4, 0.5) is 17.2 Å². The molecule has 10 nitrogen and oxygen atoms in total. The number of hydrogen-bond donors (Lipinski definition) is 2. The van der Waals surface area contributed by atoms with E-state index in [4.69, 9.17) is 11.6 Å². The number of nitro groups is 1. The second-order valence-corrected chi connectivity index (χ2v) is 8.56. The molecule has 0 aliphatic rings. The van der Waals surface area contributed by atoms with Crippen LogP contribution in [-0.2, 0) is 10.0 Å². The molecule has 12 heteroatoms. The Bertz CT molecular complexity index is 1260. The van der Waals surface area contributed by atoms with Crippen LogP contribution in [0.25, 0.3) is 0 Å². The van der Waals surface area contributed by atoms with Gasteiger partial charge in [0.05, 0.1) is 9.82 Å². The molecule has 1 heterocycles. The highest BCUT2D eigenvalue weighted by molar-refractivity contribution is 7.92. The van der Waals surface area contributed by atoms with Gasteiger partial charge < -0.3 is 5.32 Å². The highest BCUT2D eigenvalue weighted by Gasteiger charge is 2.21. The van der Waals surface area contributed by atoms with Gasteiger partial charge in [0, 0.05) is 28.5 Å². The number of halogens is 1. The monoisotopic (exact) mass is 461 g/mol. The molecule has 3 rings (SSSR count). The summed E-state index contributed by atoms with van der Waals surface area (Å²) in [6.45, 7) is 3.36. The number of nitrogens with one attached hydrogen (secondary N) is 2. The molecule has 0 aliphatic carbocycles. The van der Waals surface area contributed by atoms with E-state index in [9.17, 15) is 23.3 Å². The molecular formula is C19H16ClN5O5S. The number of aromatic nitrogens is 2. The van der Waals surface area contributed by atoms with Crippen LogP contribution in [0.1, 0.15) is 21.9 Å². The van der Waals surface area contributed by atoms with Gasteiger partial charge in [-0.1, -0.05) is 11.6 Å². The minimum atomic E-state index is -3.93. The molecule has 0 spiro atoms. The fourth-order valence-electron chi connectivity index (χ4n) is 2.73. The van der Waals surface area contributed by atoms with Crippen molar-refractivity contribution in [3.05, 3.63) is 80.7 Å². The molecule has 2 N–H and O–H groups in total. The van der Waals surface area contributed by atoms with Gasteiger partial charge in [-0.05, 0) is 50.2 Å². The number of aryl methyl sites for hydroxylation is 2. The fourth-order valence-corrected chi connectivity index (χ4v) is 3.90. The van der Waals surface area contributed by atoms with E-state index < -0.39 is 26.5 Å². The molecule has 2 aromatic carbocycles. The molecule has 0 radical (unpaired) electrons. The number of nitro benzene ring substituents is 1. The van der Waals surface area contributed by atoms with Crippen molar-refractivity contribution in [2.75, 3.05) is 10.0 Å². The summed E-state index contributed by atoms with van der Waals surface area (Å²) in [6, 6.07) is 10.4. The molecule has 0 saturated heterocycles. The van der Waals surface area contributed by atoms with Crippen LogP contribution in [0.3, 0.4) is 0 Å². The molecule has 0 bridgehead atoms. The summed E-state index contributed by atoms with van der Waals surface area (Å²) in [7, 11) is -3.93. The Morgan fingerprint density at radius 1 is 1.06 bits per heavy atom. The average Bonchev–Trinajstić information content (AvgIpc) is 2.66. The Hall–Kier alpha value is -3.57. The van der Waals surface area contributed by atoms with Crippen LogP contribution in [0, 0.1) is 24.0 Å². The molecule has 0 fully saturated rings. The Morgan fingerprint density at radius 3 is 2.35 bits per heavy atom. The third-order valence-corrected chi connectivity index (χ3v) is 5.63. The topological polar surface area (TPSA) is 144 Å². The molecule has 31 heavy (non-hydrogen) atoms. The Balaban J connectivity index is 1.79. The number of nitrogens with zero attached hydrogens (tertiary/aromatic N) is 3. The van der Waals surface area contributed by atoms with E-state index in [0.717, 1.165) is 6.07 Å². The van der Waals surface area contributed by atoms with Crippen LogP contribution in [0.15, 0.2) is 53.4 Å². The van der Waals surface area contributed by atoms with E-state index in [0.29, 0.717) is 11.5 Å².